The first kappa shape index (κ1) is 32.1. The summed E-state index contributed by atoms with van der Waals surface area (Å²) in [6, 6.07) is 5.79. The van der Waals surface area contributed by atoms with Crippen LogP contribution in [0.4, 0.5) is 10.5 Å². The van der Waals surface area contributed by atoms with Gasteiger partial charge in [0.15, 0.2) is 11.5 Å². The largest absolute Gasteiger partial charge is 0.468 e. The van der Waals surface area contributed by atoms with Gasteiger partial charge in [0.25, 0.3) is 5.69 Å². The van der Waals surface area contributed by atoms with Crippen LogP contribution in [-0.4, -0.2) is 76.9 Å². The van der Waals surface area contributed by atoms with Crippen LogP contribution in [0.5, 0.6) is 5.88 Å². The fraction of sp³-hybridized carbons (Fsp3) is 0.484. The average molecular weight is 608 g/mol. The number of nitrogens with one attached hydrogen (secondary N) is 1. The number of methoxy groups -OCH3 is 2. The van der Waals surface area contributed by atoms with E-state index in [1.807, 2.05) is 45.9 Å². The zero-order valence-electron chi connectivity index (χ0n) is 25.9. The monoisotopic (exact) mass is 607 g/mol. The topological polar surface area (TPSA) is 146 Å². The summed E-state index contributed by atoms with van der Waals surface area (Å²) < 4.78 is 22.2. The number of hydrogen-bond acceptors (Lipinski definition) is 9. The number of ether oxygens (including phenoxy) is 4. The number of esters is 3. The lowest BCUT2D eigenvalue weighted by atomic mass is 9.75. The molecule has 0 aliphatic heterocycles. The molecule has 13 heteroatoms. The SMILES string of the molecule is [C-]#[N+]c1c(C(=O)OC2C(C)CC(C)CC2C)c2nc(-c3cc(C)cc(C)c3)[nH]n2c1OC(=O)N(CC(=O)OC)CC(=O)OC. The van der Waals surface area contributed by atoms with Gasteiger partial charge in [0.2, 0.25) is 5.88 Å². The minimum atomic E-state index is -1.16. The molecule has 13 nitrogen and oxygen atoms in total. The Morgan fingerprint density at radius 1 is 1.00 bits per heavy atom. The number of amides is 1. The van der Waals surface area contributed by atoms with Crippen LogP contribution >= 0.6 is 0 Å². The molecule has 1 saturated carbocycles. The maximum Gasteiger partial charge on any atom is 0.416 e. The van der Waals surface area contributed by atoms with E-state index in [4.69, 9.17) is 16.0 Å². The van der Waals surface area contributed by atoms with Gasteiger partial charge in [-0.15, -0.1) is 0 Å². The second kappa shape index (κ2) is 13.2. The van der Waals surface area contributed by atoms with Crippen molar-refractivity contribution in [3.8, 4) is 17.3 Å². The minimum Gasteiger partial charge on any atom is -0.468 e. The summed E-state index contributed by atoms with van der Waals surface area (Å²) in [5.41, 5.74) is 2.20. The molecule has 1 aromatic carbocycles. The Bertz CT molecular complexity index is 1580. The zero-order valence-corrected chi connectivity index (χ0v) is 25.9. The number of fused-ring (bicyclic) bond motifs is 1. The zero-order chi connectivity index (χ0) is 32.3. The number of hydrogen-bond donors (Lipinski definition) is 1. The maximum absolute atomic E-state index is 13.8. The normalized spacial score (nSPS) is 19.6. The third kappa shape index (κ3) is 6.69. The van der Waals surface area contributed by atoms with E-state index < -0.39 is 37.1 Å². The molecule has 0 spiro atoms. The summed E-state index contributed by atoms with van der Waals surface area (Å²) in [5, 5.41) is 3.04. The van der Waals surface area contributed by atoms with Crippen LogP contribution in [0.15, 0.2) is 18.2 Å². The third-order valence-corrected chi connectivity index (χ3v) is 7.77. The molecule has 0 saturated heterocycles. The molecule has 4 rings (SSSR count). The fourth-order valence-electron chi connectivity index (χ4n) is 5.98. The Labute approximate surface area is 255 Å². The molecular formula is C31H37N5O8. The van der Waals surface area contributed by atoms with Gasteiger partial charge < -0.3 is 18.9 Å². The molecule has 1 aliphatic carbocycles. The van der Waals surface area contributed by atoms with E-state index in [0.717, 1.165) is 43.1 Å². The Kier molecular flexibility index (Phi) is 9.62. The second-order valence-electron chi connectivity index (χ2n) is 11.5. The van der Waals surface area contributed by atoms with E-state index in [0.29, 0.717) is 17.3 Å². The average Bonchev–Trinajstić information content (AvgIpc) is 3.51. The number of carbonyl (C=O) groups excluding carboxylic acids is 4. The summed E-state index contributed by atoms with van der Waals surface area (Å²) in [6.45, 7) is 16.8. The van der Waals surface area contributed by atoms with Crippen LogP contribution < -0.4 is 4.74 Å². The van der Waals surface area contributed by atoms with Crippen molar-refractivity contribution in [1.29, 1.82) is 0 Å². The summed E-state index contributed by atoms with van der Waals surface area (Å²) >= 11 is 0. The number of benzene rings is 1. The molecule has 44 heavy (non-hydrogen) atoms. The number of H-pyrrole nitrogens is 1. The van der Waals surface area contributed by atoms with Crippen molar-refractivity contribution in [1.82, 2.24) is 19.5 Å². The predicted octanol–water partition coefficient (Wildman–Crippen LogP) is 4.87. The Morgan fingerprint density at radius 3 is 2.09 bits per heavy atom. The molecular weight excluding hydrogens is 570 g/mol. The van der Waals surface area contributed by atoms with E-state index in [1.54, 1.807) is 0 Å². The van der Waals surface area contributed by atoms with E-state index in [9.17, 15) is 19.2 Å². The van der Waals surface area contributed by atoms with Crippen molar-refractivity contribution < 1.29 is 38.1 Å². The molecule has 234 valence electrons. The van der Waals surface area contributed by atoms with Gasteiger partial charge in [-0.25, -0.2) is 23.9 Å². The highest BCUT2D eigenvalue weighted by molar-refractivity contribution is 6.05. The fourth-order valence-corrected chi connectivity index (χ4v) is 5.98. The molecule has 2 heterocycles. The lowest BCUT2D eigenvalue weighted by Crippen LogP contribution is -2.42. The van der Waals surface area contributed by atoms with Crippen LogP contribution in [0.2, 0.25) is 0 Å². The van der Waals surface area contributed by atoms with Crippen molar-refractivity contribution in [2.24, 2.45) is 17.8 Å². The van der Waals surface area contributed by atoms with Crippen LogP contribution in [0, 0.1) is 38.2 Å². The van der Waals surface area contributed by atoms with Crippen LogP contribution in [0.1, 0.15) is 55.1 Å². The highest BCUT2D eigenvalue weighted by atomic mass is 16.6. The van der Waals surface area contributed by atoms with Gasteiger partial charge in [-0.3, -0.25) is 19.6 Å². The highest BCUT2D eigenvalue weighted by Crippen LogP contribution is 2.41. The van der Waals surface area contributed by atoms with Gasteiger partial charge in [-0.05, 0) is 56.6 Å². The number of nitrogens with zero attached hydrogens (tertiary/aromatic N) is 4. The van der Waals surface area contributed by atoms with Gasteiger partial charge in [0.05, 0.1) is 20.8 Å². The van der Waals surface area contributed by atoms with E-state index in [2.05, 4.69) is 31.3 Å². The summed E-state index contributed by atoms with van der Waals surface area (Å²) in [6.07, 6.45) is 0.242. The van der Waals surface area contributed by atoms with Crippen molar-refractivity contribution in [2.75, 3.05) is 27.3 Å². The Hall–Kier alpha value is -4.86. The molecule has 2 unspecified atom stereocenters. The second-order valence-corrected chi connectivity index (χ2v) is 11.5. The molecule has 1 fully saturated rings. The molecule has 1 amide bonds. The molecule has 3 aromatic rings. The molecule has 1 N–H and O–H groups in total. The third-order valence-electron chi connectivity index (χ3n) is 7.77. The highest BCUT2D eigenvalue weighted by Gasteiger charge is 2.38. The van der Waals surface area contributed by atoms with Crippen LogP contribution in [-0.2, 0) is 23.8 Å². The number of aromatic nitrogens is 3. The quantitative estimate of drug-likeness (QED) is 0.215. The Morgan fingerprint density at radius 2 is 1.57 bits per heavy atom. The predicted molar refractivity (Wildman–Crippen MR) is 158 cm³/mol. The summed E-state index contributed by atoms with van der Waals surface area (Å²) in [5.74, 6) is -1.72. The molecule has 2 atom stereocenters. The number of aryl methyl sites for hydroxylation is 2. The van der Waals surface area contributed by atoms with Gasteiger partial charge in [0, 0.05) is 5.56 Å². The van der Waals surface area contributed by atoms with Gasteiger partial charge >= 0.3 is 24.0 Å². The van der Waals surface area contributed by atoms with E-state index in [-0.39, 0.29) is 40.7 Å². The summed E-state index contributed by atoms with van der Waals surface area (Å²) in [4.78, 5) is 60.1. The maximum atomic E-state index is 13.8. The van der Waals surface area contributed by atoms with Gasteiger partial charge in [-0.1, -0.05) is 38.0 Å². The first-order valence-electron chi connectivity index (χ1n) is 14.3. The smallest absolute Gasteiger partial charge is 0.416 e. The van der Waals surface area contributed by atoms with E-state index >= 15 is 0 Å². The first-order valence-corrected chi connectivity index (χ1v) is 14.3. The number of rotatable bonds is 8. The molecule has 0 radical (unpaired) electrons. The van der Waals surface area contributed by atoms with Crippen molar-refractivity contribution in [2.45, 2.75) is 53.6 Å². The first-order chi connectivity index (χ1) is 20.9. The van der Waals surface area contributed by atoms with Crippen LogP contribution in [0.25, 0.3) is 21.9 Å². The Balaban J connectivity index is 1.82. The molecule has 1 aliphatic rings. The number of carbonyl (C=O) groups is 4. The van der Waals surface area contributed by atoms with Crippen molar-refractivity contribution in [3.05, 3.63) is 46.3 Å². The molecule has 2 aromatic heterocycles. The lowest BCUT2D eigenvalue weighted by molar-refractivity contribution is -0.144. The summed E-state index contributed by atoms with van der Waals surface area (Å²) in [7, 11) is 2.26. The minimum absolute atomic E-state index is 0.0231. The van der Waals surface area contributed by atoms with Gasteiger partial charge in [-0.2, -0.15) is 0 Å². The molecule has 0 bridgehead atoms. The van der Waals surface area contributed by atoms with Crippen molar-refractivity contribution >= 4 is 35.3 Å². The van der Waals surface area contributed by atoms with Crippen LogP contribution in [0.3, 0.4) is 0 Å². The lowest BCUT2D eigenvalue weighted by Gasteiger charge is -2.37. The number of aromatic amines is 1. The standard InChI is InChI=1S/C31H37N5O8/c1-16-9-17(2)13-21(12-16)27-33-28-24(30(39)43-26-19(4)10-18(3)11-20(26)5)25(32-6)29(36(28)34-27)44-31(40)35(14-22(37)41-7)15-23(38)42-8/h9,12-13,18-20,26H,10-11,14-15H2,1-5,7-8H3,(H,33,34). The van der Waals surface area contributed by atoms with Crippen molar-refractivity contribution in [3.63, 3.8) is 0 Å². The van der Waals surface area contributed by atoms with Gasteiger partial charge in [0.1, 0.15) is 24.8 Å². The van der Waals surface area contributed by atoms with E-state index in [1.165, 1.54) is 4.52 Å².